The summed E-state index contributed by atoms with van der Waals surface area (Å²) in [7, 11) is -4.34. The van der Waals surface area contributed by atoms with E-state index in [-0.39, 0.29) is 25.7 Å². The number of nitrogens with two attached hydrogens (primary N) is 1. The highest BCUT2D eigenvalue weighted by atomic mass is 31.2. The Balaban J connectivity index is 4.33. The number of hydrogen-bond donors (Lipinski definition) is 4. The summed E-state index contributed by atoms with van der Waals surface area (Å²) in [6.45, 7) is 4.11. The van der Waals surface area contributed by atoms with Gasteiger partial charge in [0.15, 0.2) is 0 Å². The van der Waals surface area contributed by atoms with Crippen LogP contribution in [0.4, 0.5) is 0 Å². The summed E-state index contributed by atoms with van der Waals surface area (Å²) in [6.07, 6.45) is 39.4. The maximum Gasteiger partial charge on any atom is 0.472 e. The molecule has 3 atom stereocenters. The smallest absolute Gasteiger partial charge is 0.387 e. The predicted octanol–water partition coefficient (Wildman–Crippen LogP) is 10.6. The second-order valence-electron chi connectivity index (χ2n) is 13.5. The summed E-state index contributed by atoms with van der Waals surface area (Å²) < 4.78 is 22.0. The molecule has 0 rings (SSSR count). The number of carbonyl (C=O) groups is 1. The van der Waals surface area contributed by atoms with E-state index in [4.69, 9.17) is 14.8 Å². The van der Waals surface area contributed by atoms with E-state index in [0.717, 1.165) is 38.5 Å². The number of phosphoric ester groups is 1. The number of phosphoric acid groups is 1. The molecule has 0 spiro atoms. The van der Waals surface area contributed by atoms with Crippen molar-refractivity contribution in [2.45, 2.75) is 199 Å². The third-order valence-corrected chi connectivity index (χ3v) is 9.76. The maximum absolute atomic E-state index is 12.7. The lowest BCUT2D eigenvalue weighted by Gasteiger charge is -2.23. The average Bonchev–Trinajstić information content (AvgIpc) is 3.07. The van der Waals surface area contributed by atoms with Crippen molar-refractivity contribution in [3.63, 3.8) is 0 Å². The largest absolute Gasteiger partial charge is 0.472 e. The molecule has 0 heterocycles. The van der Waals surface area contributed by atoms with Gasteiger partial charge in [0.1, 0.15) is 0 Å². The van der Waals surface area contributed by atoms with Gasteiger partial charge in [-0.05, 0) is 32.1 Å². The van der Waals surface area contributed by atoms with Crippen LogP contribution in [0.25, 0.3) is 0 Å². The van der Waals surface area contributed by atoms with Crippen molar-refractivity contribution in [2.24, 2.45) is 5.73 Å². The van der Waals surface area contributed by atoms with Crippen molar-refractivity contribution in [3.05, 3.63) is 24.3 Å². The summed E-state index contributed by atoms with van der Waals surface area (Å²) in [4.78, 5) is 22.6. The quantitative estimate of drug-likeness (QED) is 0.0288. The number of rotatable bonds is 37. The summed E-state index contributed by atoms with van der Waals surface area (Å²) >= 11 is 0. The zero-order chi connectivity index (χ0) is 35.4. The Morgan fingerprint density at radius 2 is 1.10 bits per heavy atom. The molecule has 0 aliphatic carbocycles. The molecule has 8 nitrogen and oxygen atoms in total. The fourth-order valence-electron chi connectivity index (χ4n) is 5.74. The molecular formula is C39H77N2O6P. The zero-order valence-corrected chi connectivity index (χ0v) is 32.1. The minimum Gasteiger partial charge on any atom is -0.387 e. The SMILES string of the molecule is CCCCCCCCCCCC/C=C/CC/C=C/C(O)C(COP(=O)(O)OCCN)NC(=O)CCCCCCCCCCCCCCC. The van der Waals surface area contributed by atoms with Crippen molar-refractivity contribution < 1.29 is 28.4 Å². The molecule has 3 unspecified atom stereocenters. The fourth-order valence-corrected chi connectivity index (χ4v) is 6.49. The van der Waals surface area contributed by atoms with Gasteiger partial charge in [-0.3, -0.25) is 13.8 Å². The summed E-state index contributed by atoms with van der Waals surface area (Å²) in [6, 6.07) is -0.871. The van der Waals surface area contributed by atoms with E-state index >= 15 is 0 Å². The molecule has 0 aliphatic rings. The second-order valence-corrected chi connectivity index (χ2v) is 14.9. The van der Waals surface area contributed by atoms with E-state index in [1.165, 1.54) is 128 Å². The Kier molecular flexibility index (Phi) is 35.0. The number of amides is 1. The Bertz CT molecular complexity index is 809. The van der Waals surface area contributed by atoms with Crippen LogP contribution in [0.1, 0.15) is 187 Å². The van der Waals surface area contributed by atoms with E-state index in [1.807, 2.05) is 6.08 Å². The summed E-state index contributed by atoms with van der Waals surface area (Å²) in [5.41, 5.74) is 5.36. The van der Waals surface area contributed by atoms with Crippen LogP contribution < -0.4 is 11.1 Å². The first-order valence-corrected chi connectivity index (χ1v) is 21.5. The van der Waals surface area contributed by atoms with Gasteiger partial charge in [0.25, 0.3) is 0 Å². The molecule has 284 valence electrons. The fraction of sp³-hybridized carbons (Fsp3) is 0.872. The number of nitrogens with one attached hydrogen (secondary N) is 1. The number of aliphatic hydroxyl groups is 1. The molecule has 5 N–H and O–H groups in total. The van der Waals surface area contributed by atoms with E-state index in [2.05, 4.69) is 31.3 Å². The minimum absolute atomic E-state index is 0.0757. The third-order valence-electron chi connectivity index (χ3n) is 8.78. The van der Waals surface area contributed by atoms with Crippen LogP contribution in [0, 0.1) is 0 Å². The molecule has 9 heteroatoms. The van der Waals surface area contributed by atoms with E-state index in [9.17, 15) is 19.4 Å². The molecular weight excluding hydrogens is 623 g/mol. The predicted molar refractivity (Wildman–Crippen MR) is 203 cm³/mol. The van der Waals surface area contributed by atoms with Crippen molar-refractivity contribution in [1.82, 2.24) is 5.32 Å². The molecule has 0 radical (unpaired) electrons. The average molecular weight is 701 g/mol. The lowest BCUT2D eigenvalue weighted by atomic mass is 10.0. The first-order chi connectivity index (χ1) is 23.4. The van der Waals surface area contributed by atoms with Gasteiger partial charge in [0.05, 0.1) is 25.4 Å². The van der Waals surface area contributed by atoms with Crippen LogP contribution in [-0.4, -0.2) is 47.8 Å². The summed E-state index contributed by atoms with van der Waals surface area (Å²) in [5.74, 6) is -0.204. The van der Waals surface area contributed by atoms with Gasteiger partial charge in [-0.25, -0.2) is 4.57 Å². The third kappa shape index (κ3) is 33.5. The van der Waals surface area contributed by atoms with Gasteiger partial charge in [0, 0.05) is 13.0 Å². The number of aliphatic hydroxyl groups excluding tert-OH is 1. The van der Waals surface area contributed by atoms with E-state index in [0.29, 0.717) is 6.42 Å². The lowest BCUT2D eigenvalue weighted by Crippen LogP contribution is -2.45. The van der Waals surface area contributed by atoms with Crippen LogP contribution in [0.2, 0.25) is 0 Å². The highest BCUT2D eigenvalue weighted by Gasteiger charge is 2.26. The molecule has 0 aromatic rings. The molecule has 0 saturated carbocycles. The monoisotopic (exact) mass is 701 g/mol. The molecule has 0 fully saturated rings. The second kappa shape index (κ2) is 35.8. The standard InChI is InChI=1S/C39H77N2O6P/c1-3-5-7-9-11-13-15-17-18-19-21-22-24-26-28-30-32-38(42)37(36-47-48(44,45)46-35-34-40)41-39(43)33-31-29-27-25-23-20-16-14-12-10-8-6-4-2/h22,24,30,32,37-38,42H,3-21,23,25-29,31,33-36,40H2,1-2H3,(H,41,43)(H,44,45)/b24-22+,32-30+. The normalized spacial score (nSPS) is 14.5. The van der Waals surface area contributed by atoms with Crippen LogP contribution in [0.15, 0.2) is 24.3 Å². The first kappa shape index (κ1) is 47.0. The lowest BCUT2D eigenvalue weighted by molar-refractivity contribution is -0.123. The van der Waals surface area contributed by atoms with Crippen molar-refractivity contribution in [2.75, 3.05) is 19.8 Å². The van der Waals surface area contributed by atoms with Crippen LogP contribution >= 0.6 is 7.82 Å². The molecule has 0 bridgehead atoms. The first-order valence-electron chi connectivity index (χ1n) is 20.0. The van der Waals surface area contributed by atoms with Crippen LogP contribution in [0.5, 0.6) is 0 Å². The Morgan fingerprint density at radius 1 is 0.667 bits per heavy atom. The Morgan fingerprint density at radius 3 is 1.60 bits per heavy atom. The molecule has 48 heavy (non-hydrogen) atoms. The van der Waals surface area contributed by atoms with E-state index in [1.54, 1.807) is 6.08 Å². The Labute approximate surface area is 296 Å². The van der Waals surface area contributed by atoms with Gasteiger partial charge in [-0.2, -0.15) is 0 Å². The van der Waals surface area contributed by atoms with Crippen molar-refractivity contribution in [1.29, 1.82) is 0 Å². The van der Waals surface area contributed by atoms with Crippen molar-refractivity contribution in [3.8, 4) is 0 Å². The van der Waals surface area contributed by atoms with Crippen LogP contribution in [0.3, 0.4) is 0 Å². The van der Waals surface area contributed by atoms with Crippen LogP contribution in [-0.2, 0) is 18.4 Å². The van der Waals surface area contributed by atoms with E-state index < -0.39 is 20.0 Å². The van der Waals surface area contributed by atoms with Gasteiger partial charge < -0.3 is 21.1 Å². The minimum atomic E-state index is -4.34. The highest BCUT2D eigenvalue weighted by molar-refractivity contribution is 7.47. The Hall–Kier alpha value is -1.02. The zero-order valence-electron chi connectivity index (χ0n) is 31.2. The van der Waals surface area contributed by atoms with Gasteiger partial charge >= 0.3 is 7.82 Å². The number of unbranched alkanes of at least 4 members (excludes halogenated alkanes) is 23. The van der Waals surface area contributed by atoms with Gasteiger partial charge in [-0.15, -0.1) is 0 Å². The topological polar surface area (TPSA) is 131 Å². The molecule has 0 aromatic carbocycles. The molecule has 0 saturated heterocycles. The summed E-state index contributed by atoms with van der Waals surface area (Å²) in [5, 5.41) is 13.6. The molecule has 1 amide bonds. The van der Waals surface area contributed by atoms with Gasteiger partial charge in [0.2, 0.25) is 5.91 Å². The molecule has 0 aromatic heterocycles. The number of hydrogen-bond acceptors (Lipinski definition) is 6. The maximum atomic E-state index is 12.7. The van der Waals surface area contributed by atoms with Crippen molar-refractivity contribution >= 4 is 13.7 Å². The van der Waals surface area contributed by atoms with Gasteiger partial charge in [-0.1, -0.05) is 173 Å². The molecule has 0 aliphatic heterocycles. The number of allylic oxidation sites excluding steroid dienone is 3. The highest BCUT2D eigenvalue weighted by Crippen LogP contribution is 2.43. The number of carbonyl (C=O) groups excluding carboxylic acids is 1.